The molecule has 1 aromatic rings. The van der Waals surface area contributed by atoms with E-state index in [1.165, 1.54) is 5.56 Å². The second-order valence-electron chi connectivity index (χ2n) is 5.78. The van der Waals surface area contributed by atoms with Crippen molar-refractivity contribution in [3.8, 4) is 11.5 Å². The van der Waals surface area contributed by atoms with Crippen LogP contribution in [0.15, 0.2) is 18.2 Å². The standard InChI is InChI=1S/C17H27NO3/c1-5-8-18-16(17(19-4)12(2)3)13-6-7-14-15(11-13)21-10-9-20-14/h6-7,11-12,16-18H,5,8-10H2,1-4H3. The van der Waals surface area contributed by atoms with E-state index in [-0.39, 0.29) is 12.1 Å². The Kier molecular flexibility index (Phi) is 5.88. The maximum Gasteiger partial charge on any atom is 0.161 e. The molecule has 1 aromatic carbocycles. The first kappa shape index (κ1) is 16.1. The van der Waals surface area contributed by atoms with E-state index >= 15 is 0 Å². The Morgan fingerprint density at radius 3 is 2.52 bits per heavy atom. The van der Waals surface area contributed by atoms with Crippen molar-refractivity contribution in [3.05, 3.63) is 23.8 Å². The molecule has 118 valence electrons. The summed E-state index contributed by atoms with van der Waals surface area (Å²) < 4.78 is 17.0. The number of nitrogens with one attached hydrogen (secondary N) is 1. The summed E-state index contributed by atoms with van der Waals surface area (Å²) in [4.78, 5) is 0. The van der Waals surface area contributed by atoms with Crippen LogP contribution in [0, 0.1) is 5.92 Å². The molecular weight excluding hydrogens is 266 g/mol. The fourth-order valence-electron chi connectivity index (χ4n) is 2.77. The van der Waals surface area contributed by atoms with Gasteiger partial charge in [-0.25, -0.2) is 0 Å². The maximum absolute atomic E-state index is 5.73. The van der Waals surface area contributed by atoms with Crippen LogP contribution in [0.2, 0.25) is 0 Å². The van der Waals surface area contributed by atoms with Crippen LogP contribution in [-0.2, 0) is 4.74 Å². The zero-order valence-electron chi connectivity index (χ0n) is 13.5. The summed E-state index contributed by atoms with van der Waals surface area (Å²) in [5.41, 5.74) is 1.19. The van der Waals surface area contributed by atoms with Gasteiger partial charge in [-0.3, -0.25) is 0 Å². The molecule has 0 aromatic heterocycles. The summed E-state index contributed by atoms with van der Waals surface area (Å²) >= 11 is 0. The van der Waals surface area contributed by atoms with Gasteiger partial charge in [-0.2, -0.15) is 0 Å². The molecule has 0 fully saturated rings. The number of hydrogen-bond donors (Lipinski definition) is 1. The summed E-state index contributed by atoms with van der Waals surface area (Å²) in [6, 6.07) is 6.34. The Bertz CT molecular complexity index is 448. The number of methoxy groups -OCH3 is 1. The Labute approximate surface area is 127 Å². The summed E-state index contributed by atoms with van der Waals surface area (Å²) in [5.74, 6) is 2.09. The smallest absolute Gasteiger partial charge is 0.161 e. The molecular formula is C17H27NO3. The van der Waals surface area contributed by atoms with Gasteiger partial charge < -0.3 is 19.5 Å². The lowest BCUT2D eigenvalue weighted by Crippen LogP contribution is -2.37. The lowest BCUT2D eigenvalue weighted by Gasteiger charge is -2.31. The summed E-state index contributed by atoms with van der Waals surface area (Å²) in [6.45, 7) is 8.74. The molecule has 0 radical (unpaired) electrons. The molecule has 1 N–H and O–H groups in total. The second-order valence-corrected chi connectivity index (χ2v) is 5.78. The van der Waals surface area contributed by atoms with E-state index in [1.54, 1.807) is 7.11 Å². The molecule has 0 saturated carbocycles. The van der Waals surface area contributed by atoms with Crippen LogP contribution in [0.25, 0.3) is 0 Å². The molecule has 2 unspecified atom stereocenters. The van der Waals surface area contributed by atoms with E-state index < -0.39 is 0 Å². The SMILES string of the molecule is CCCNC(c1ccc2c(c1)OCCO2)C(OC)C(C)C. The largest absolute Gasteiger partial charge is 0.486 e. The zero-order chi connectivity index (χ0) is 15.2. The molecule has 2 atom stereocenters. The molecule has 2 rings (SSSR count). The summed E-state index contributed by atoms with van der Waals surface area (Å²) in [7, 11) is 1.78. The van der Waals surface area contributed by atoms with Crippen molar-refractivity contribution in [1.29, 1.82) is 0 Å². The lowest BCUT2D eigenvalue weighted by atomic mass is 9.93. The van der Waals surface area contributed by atoms with Gasteiger partial charge in [0.15, 0.2) is 11.5 Å². The number of rotatable bonds is 7. The number of ether oxygens (including phenoxy) is 3. The van der Waals surface area contributed by atoms with Crippen molar-refractivity contribution in [3.63, 3.8) is 0 Å². The molecule has 0 spiro atoms. The first-order valence-corrected chi connectivity index (χ1v) is 7.83. The normalized spacial score (nSPS) is 16.8. The average Bonchev–Trinajstić information content (AvgIpc) is 2.50. The monoisotopic (exact) mass is 293 g/mol. The van der Waals surface area contributed by atoms with Gasteiger partial charge in [0.05, 0.1) is 12.1 Å². The van der Waals surface area contributed by atoms with Crippen LogP contribution in [0.5, 0.6) is 11.5 Å². The quantitative estimate of drug-likeness (QED) is 0.838. The van der Waals surface area contributed by atoms with Crippen LogP contribution in [0.1, 0.15) is 38.8 Å². The fraction of sp³-hybridized carbons (Fsp3) is 0.647. The minimum Gasteiger partial charge on any atom is -0.486 e. The Morgan fingerprint density at radius 2 is 1.90 bits per heavy atom. The summed E-state index contributed by atoms with van der Waals surface area (Å²) in [6.07, 6.45) is 1.22. The molecule has 4 heteroatoms. The van der Waals surface area contributed by atoms with Gasteiger partial charge in [-0.15, -0.1) is 0 Å². The first-order chi connectivity index (χ1) is 10.2. The zero-order valence-corrected chi connectivity index (χ0v) is 13.5. The average molecular weight is 293 g/mol. The van der Waals surface area contributed by atoms with Crippen molar-refractivity contribution in [2.75, 3.05) is 26.9 Å². The molecule has 4 nitrogen and oxygen atoms in total. The highest BCUT2D eigenvalue weighted by atomic mass is 16.6. The minimum absolute atomic E-state index is 0.124. The Morgan fingerprint density at radius 1 is 1.19 bits per heavy atom. The van der Waals surface area contributed by atoms with E-state index in [1.807, 2.05) is 6.07 Å². The van der Waals surface area contributed by atoms with Gasteiger partial charge in [-0.05, 0) is 36.6 Å². The van der Waals surface area contributed by atoms with Gasteiger partial charge in [0.25, 0.3) is 0 Å². The van der Waals surface area contributed by atoms with Gasteiger partial charge in [-0.1, -0.05) is 26.8 Å². The molecule has 1 heterocycles. The van der Waals surface area contributed by atoms with Crippen LogP contribution < -0.4 is 14.8 Å². The van der Waals surface area contributed by atoms with E-state index in [4.69, 9.17) is 14.2 Å². The molecule has 1 aliphatic rings. The highest BCUT2D eigenvalue weighted by Gasteiger charge is 2.26. The van der Waals surface area contributed by atoms with E-state index in [0.717, 1.165) is 24.5 Å². The molecule has 0 saturated heterocycles. The Balaban J connectivity index is 2.26. The predicted octanol–water partition coefficient (Wildman–Crippen LogP) is 3.17. The van der Waals surface area contributed by atoms with Crippen LogP contribution in [0.3, 0.4) is 0 Å². The van der Waals surface area contributed by atoms with Gasteiger partial charge in [0.1, 0.15) is 13.2 Å². The Hall–Kier alpha value is -1.26. The third kappa shape index (κ3) is 3.89. The molecule has 1 aliphatic heterocycles. The van der Waals surface area contributed by atoms with E-state index in [9.17, 15) is 0 Å². The second kappa shape index (κ2) is 7.66. The highest BCUT2D eigenvalue weighted by Crippen LogP contribution is 2.34. The van der Waals surface area contributed by atoms with E-state index in [0.29, 0.717) is 19.1 Å². The lowest BCUT2D eigenvalue weighted by molar-refractivity contribution is 0.0325. The van der Waals surface area contributed by atoms with E-state index in [2.05, 4.69) is 38.2 Å². The molecule has 21 heavy (non-hydrogen) atoms. The van der Waals surface area contributed by atoms with Crippen LogP contribution >= 0.6 is 0 Å². The first-order valence-electron chi connectivity index (χ1n) is 7.83. The number of hydrogen-bond acceptors (Lipinski definition) is 4. The van der Waals surface area contributed by atoms with Crippen molar-refractivity contribution < 1.29 is 14.2 Å². The van der Waals surface area contributed by atoms with Crippen LogP contribution in [-0.4, -0.2) is 33.0 Å². The maximum atomic E-state index is 5.73. The third-order valence-corrected chi connectivity index (χ3v) is 3.80. The van der Waals surface area contributed by atoms with Crippen molar-refractivity contribution >= 4 is 0 Å². The van der Waals surface area contributed by atoms with Crippen LogP contribution in [0.4, 0.5) is 0 Å². The van der Waals surface area contributed by atoms with Crippen molar-refractivity contribution in [2.24, 2.45) is 5.92 Å². The topological polar surface area (TPSA) is 39.7 Å². The molecule has 0 aliphatic carbocycles. The predicted molar refractivity (Wildman–Crippen MR) is 84.1 cm³/mol. The summed E-state index contributed by atoms with van der Waals surface area (Å²) in [5, 5.41) is 3.60. The number of benzene rings is 1. The highest BCUT2D eigenvalue weighted by molar-refractivity contribution is 5.45. The van der Waals surface area contributed by atoms with Gasteiger partial charge in [0.2, 0.25) is 0 Å². The number of fused-ring (bicyclic) bond motifs is 1. The van der Waals surface area contributed by atoms with Gasteiger partial charge >= 0.3 is 0 Å². The third-order valence-electron chi connectivity index (χ3n) is 3.80. The molecule has 0 bridgehead atoms. The minimum atomic E-state index is 0.124. The van der Waals surface area contributed by atoms with Crippen molar-refractivity contribution in [2.45, 2.75) is 39.3 Å². The molecule has 0 amide bonds. The van der Waals surface area contributed by atoms with Crippen molar-refractivity contribution in [1.82, 2.24) is 5.32 Å². The van der Waals surface area contributed by atoms with Gasteiger partial charge in [0, 0.05) is 7.11 Å². The fourth-order valence-corrected chi connectivity index (χ4v) is 2.77.